The third-order valence-electron chi connectivity index (χ3n) is 3.89. The highest BCUT2D eigenvalue weighted by atomic mass is 14.9. The summed E-state index contributed by atoms with van der Waals surface area (Å²) >= 11 is 0. The molecular weight excluding hydrogens is 248 g/mol. The molecule has 3 rings (SSSR count). The third-order valence-corrected chi connectivity index (χ3v) is 3.89. The van der Waals surface area contributed by atoms with E-state index in [1.54, 1.807) is 0 Å². The van der Waals surface area contributed by atoms with Gasteiger partial charge in [-0.15, -0.1) is 0 Å². The van der Waals surface area contributed by atoms with Crippen molar-refractivity contribution in [3.05, 3.63) is 41.5 Å². The van der Waals surface area contributed by atoms with Gasteiger partial charge in [-0.1, -0.05) is 13.8 Å². The van der Waals surface area contributed by atoms with E-state index in [-0.39, 0.29) is 11.5 Å². The lowest BCUT2D eigenvalue weighted by Crippen LogP contribution is -2.30. The van der Waals surface area contributed by atoms with E-state index in [9.17, 15) is 0 Å². The normalized spacial score (nSPS) is 20.5. The zero-order chi connectivity index (χ0) is 14.3. The van der Waals surface area contributed by atoms with Crippen LogP contribution in [0.1, 0.15) is 43.3 Å². The lowest BCUT2D eigenvalue weighted by molar-refractivity contribution is 0.278. The van der Waals surface area contributed by atoms with Crippen LogP contribution < -0.4 is 5.73 Å². The Bertz CT molecular complexity index is 631. The Morgan fingerprint density at radius 1 is 1.20 bits per heavy atom. The minimum Gasteiger partial charge on any atom is -0.324 e. The van der Waals surface area contributed by atoms with Crippen LogP contribution in [-0.2, 0) is 6.42 Å². The number of fused-ring (bicyclic) bond motifs is 1. The summed E-state index contributed by atoms with van der Waals surface area (Å²) in [6, 6.07) is 4.03. The molecule has 1 aliphatic rings. The second-order valence-corrected chi connectivity index (χ2v) is 6.44. The predicted molar refractivity (Wildman–Crippen MR) is 79.0 cm³/mol. The molecule has 1 atom stereocenters. The predicted octanol–water partition coefficient (Wildman–Crippen LogP) is 2.82. The molecule has 1 aliphatic carbocycles. The lowest BCUT2D eigenvalue weighted by Gasteiger charge is -2.34. The van der Waals surface area contributed by atoms with Crippen molar-refractivity contribution >= 4 is 0 Å². The zero-order valence-corrected chi connectivity index (χ0v) is 12.2. The lowest BCUT2D eigenvalue weighted by atomic mass is 9.74. The van der Waals surface area contributed by atoms with Crippen LogP contribution in [0.5, 0.6) is 0 Å². The molecule has 0 radical (unpaired) electrons. The molecule has 2 aromatic heterocycles. The molecule has 4 nitrogen and oxygen atoms in total. The number of rotatable bonds is 1. The van der Waals surface area contributed by atoms with Gasteiger partial charge in [0.25, 0.3) is 0 Å². The maximum absolute atomic E-state index is 6.24. The van der Waals surface area contributed by atoms with Crippen molar-refractivity contribution in [2.75, 3.05) is 0 Å². The molecule has 0 saturated heterocycles. The van der Waals surface area contributed by atoms with Gasteiger partial charge in [-0.3, -0.25) is 4.98 Å². The molecule has 0 aromatic carbocycles. The first-order valence-corrected chi connectivity index (χ1v) is 6.99. The molecule has 2 aromatic rings. The Morgan fingerprint density at radius 2 is 2.00 bits per heavy atom. The van der Waals surface area contributed by atoms with Crippen LogP contribution in [-0.4, -0.2) is 15.0 Å². The highest BCUT2D eigenvalue weighted by Gasteiger charge is 2.31. The second-order valence-electron chi connectivity index (χ2n) is 6.44. The first kappa shape index (κ1) is 13.2. The maximum Gasteiger partial charge on any atom is 0.160 e. The fourth-order valence-corrected chi connectivity index (χ4v) is 2.85. The third kappa shape index (κ3) is 2.43. The van der Waals surface area contributed by atoms with E-state index >= 15 is 0 Å². The molecule has 0 saturated carbocycles. The molecule has 0 fully saturated rings. The average Bonchev–Trinajstić information content (AvgIpc) is 2.37. The zero-order valence-electron chi connectivity index (χ0n) is 12.2. The molecule has 20 heavy (non-hydrogen) atoms. The van der Waals surface area contributed by atoms with Gasteiger partial charge < -0.3 is 5.73 Å². The summed E-state index contributed by atoms with van der Waals surface area (Å²) in [5.74, 6) is 0.737. The van der Waals surface area contributed by atoms with Gasteiger partial charge in [0.15, 0.2) is 5.82 Å². The van der Waals surface area contributed by atoms with Crippen molar-refractivity contribution in [3.63, 3.8) is 0 Å². The molecule has 4 heteroatoms. The minimum atomic E-state index is 0.0407. The van der Waals surface area contributed by atoms with Crippen LogP contribution >= 0.6 is 0 Å². The summed E-state index contributed by atoms with van der Waals surface area (Å²) in [7, 11) is 0. The summed E-state index contributed by atoms with van der Waals surface area (Å²) in [5, 5.41) is 0. The molecule has 2 heterocycles. The van der Waals surface area contributed by atoms with Gasteiger partial charge in [0.2, 0.25) is 0 Å². The van der Waals surface area contributed by atoms with Gasteiger partial charge >= 0.3 is 0 Å². The summed E-state index contributed by atoms with van der Waals surface area (Å²) in [4.78, 5) is 13.5. The van der Waals surface area contributed by atoms with Gasteiger partial charge in [-0.05, 0) is 37.3 Å². The van der Waals surface area contributed by atoms with Crippen molar-refractivity contribution in [2.45, 2.75) is 39.7 Å². The molecule has 1 unspecified atom stereocenters. The fraction of sp³-hybridized carbons (Fsp3) is 0.438. The Balaban J connectivity index is 2.02. The smallest absolute Gasteiger partial charge is 0.160 e. The fourth-order valence-electron chi connectivity index (χ4n) is 2.85. The van der Waals surface area contributed by atoms with E-state index < -0.39 is 0 Å². The van der Waals surface area contributed by atoms with E-state index in [1.165, 1.54) is 0 Å². The van der Waals surface area contributed by atoms with Gasteiger partial charge in [-0.25, -0.2) is 9.97 Å². The van der Waals surface area contributed by atoms with Crippen LogP contribution in [0.15, 0.2) is 24.5 Å². The number of hydrogen-bond acceptors (Lipinski definition) is 4. The summed E-state index contributed by atoms with van der Waals surface area (Å²) < 4.78 is 0. The topological polar surface area (TPSA) is 64.7 Å². The van der Waals surface area contributed by atoms with Crippen molar-refractivity contribution in [1.29, 1.82) is 0 Å². The van der Waals surface area contributed by atoms with E-state index in [0.29, 0.717) is 0 Å². The van der Waals surface area contributed by atoms with Crippen molar-refractivity contribution in [2.24, 2.45) is 11.1 Å². The van der Waals surface area contributed by atoms with Gasteiger partial charge in [0.1, 0.15) is 0 Å². The first-order chi connectivity index (χ1) is 9.44. The molecule has 0 spiro atoms. The maximum atomic E-state index is 6.24. The van der Waals surface area contributed by atoms with Crippen LogP contribution in [0.25, 0.3) is 11.4 Å². The largest absolute Gasteiger partial charge is 0.324 e. The van der Waals surface area contributed by atoms with Crippen molar-refractivity contribution in [1.82, 2.24) is 15.0 Å². The van der Waals surface area contributed by atoms with Gasteiger partial charge in [0.05, 0.1) is 0 Å². The van der Waals surface area contributed by atoms with Gasteiger partial charge in [-0.2, -0.15) is 0 Å². The van der Waals surface area contributed by atoms with Crippen LogP contribution in [0.2, 0.25) is 0 Å². The second kappa shape index (κ2) is 4.63. The molecule has 0 bridgehead atoms. The molecule has 104 valence electrons. The minimum absolute atomic E-state index is 0.0407. The SMILES string of the molecule is Cc1ccc(-c2ncc3c(n2)CC(C)(C)CC3N)cn1. The van der Waals surface area contributed by atoms with Crippen LogP contribution in [0.4, 0.5) is 0 Å². The summed E-state index contributed by atoms with van der Waals surface area (Å²) in [5.41, 5.74) is 10.6. The van der Waals surface area contributed by atoms with E-state index in [4.69, 9.17) is 10.7 Å². The Labute approximate surface area is 119 Å². The van der Waals surface area contributed by atoms with Crippen LogP contribution in [0.3, 0.4) is 0 Å². The quantitative estimate of drug-likeness (QED) is 0.863. The Kier molecular flexibility index (Phi) is 3.05. The van der Waals surface area contributed by atoms with Crippen LogP contribution in [0, 0.1) is 12.3 Å². The number of aryl methyl sites for hydroxylation is 1. The number of hydrogen-bond donors (Lipinski definition) is 1. The standard InChI is InChI=1S/C16H20N4/c1-10-4-5-11(8-18-10)15-19-9-12-13(17)6-16(2,3)7-14(12)20-15/h4-5,8-9,13H,6-7,17H2,1-3H3. The molecule has 0 aliphatic heterocycles. The molecular formula is C16H20N4. The van der Waals surface area contributed by atoms with Gasteiger partial charge in [0, 0.05) is 41.0 Å². The average molecular weight is 268 g/mol. The molecule has 0 amide bonds. The Hall–Kier alpha value is -1.81. The number of nitrogens with zero attached hydrogens (tertiary/aromatic N) is 3. The summed E-state index contributed by atoms with van der Waals surface area (Å²) in [6.07, 6.45) is 5.64. The first-order valence-electron chi connectivity index (χ1n) is 6.99. The number of pyridine rings is 1. The molecule has 2 N–H and O–H groups in total. The van der Waals surface area contributed by atoms with E-state index in [2.05, 4.69) is 23.8 Å². The van der Waals surface area contributed by atoms with Crippen molar-refractivity contribution in [3.8, 4) is 11.4 Å². The Morgan fingerprint density at radius 3 is 2.70 bits per heavy atom. The van der Waals surface area contributed by atoms with Crippen molar-refractivity contribution < 1.29 is 0 Å². The number of nitrogens with two attached hydrogens (primary N) is 1. The monoisotopic (exact) mass is 268 g/mol. The summed E-state index contributed by atoms with van der Waals surface area (Å²) in [6.45, 7) is 6.45. The van der Waals surface area contributed by atoms with E-state index in [1.807, 2.05) is 31.5 Å². The highest BCUT2D eigenvalue weighted by molar-refractivity contribution is 5.54. The van der Waals surface area contributed by atoms with E-state index in [0.717, 1.165) is 41.2 Å². The number of aromatic nitrogens is 3. The highest BCUT2D eigenvalue weighted by Crippen LogP contribution is 2.38.